The zero-order chi connectivity index (χ0) is 11.9. The van der Waals surface area contributed by atoms with Crippen LogP contribution in [-0.4, -0.2) is 23.1 Å². The largest absolute Gasteiger partial charge is 0.382 e. The lowest BCUT2D eigenvalue weighted by Gasteiger charge is -2.38. The Morgan fingerprint density at radius 3 is 2.50 bits per heavy atom. The third-order valence-electron chi connectivity index (χ3n) is 2.57. The first-order valence-corrected chi connectivity index (χ1v) is 4.52. The van der Waals surface area contributed by atoms with E-state index in [0.717, 1.165) is 12.1 Å². The van der Waals surface area contributed by atoms with Crippen LogP contribution in [0.25, 0.3) is 0 Å². The molecule has 2 rings (SSSR count). The van der Waals surface area contributed by atoms with Crippen LogP contribution in [0.1, 0.15) is 5.56 Å². The van der Waals surface area contributed by atoms with Gasteiger partial charge in [-0.2, -0.15) is 4.39 Å². The SMILES string of the molecule is O=[N+]([O-])c1ccc(F)c(C2(O)CNC2)c1F. The van der Waals surface area contributed by atoms with Crippen LogP contribution in [0.2, 0.25) is 0 Å². The predicted molar refractivity (Wildman–Crippen MR) is 49.8 cm³/mol. The number of aliphatic hydroxyl groups is 1. The van der Waals surface area contributed by atoms with E-state index < -0.39 is 33.4 Å². The number of hydrogen-bond donors (Lipinski definition) is 2. The minimum absolute atomic E-state index is 0.0258. The van der Waals surface area contributed by atoms with E-state index in [9.17, 15) is 24.0 Å². The molecule has 1 fully saturated rings. The fourth-order valence-electron chi connectivity index (χ4n) is 1.65. The first-order valence-electron chi connectivity index (χ1n) is 4.52. The highest BCUT2D eigenvalue weighted by atomic mass is 19.1. The van der Waals surface area contributed by atoms with Crippen LogP contribution in [-0.2, 0) is 5.60 Å². The van der Waals surface area contributed by atoms with Gasteiger partial charge in [0.25, 0.3) is 0 Å². The van der Waals surface area contributed by atoms with E-state index in [2.05, 4.69) is 5.32 Å². The number of benzene rings is 1. The maximum Gasteiger partial charge on any atom is 0.305 e. The first kappa shape index (κ1) is 10.9. The Balaban J connectivity index is 2.59. The topological polar surface area (TPSA) is 75.4 Å². The molecule has 1 aliphatic heterocycles. The van der Waals surface area contributed by atoms with Gasteiger partial charge < -0.3 is 10.4 Å². The van der Waals surface area contributed by atoms with Gasteiger partial charge >= 0.3 is 5.69 Å². The summed E-state index contributed by atoms with van der Waals surface area (Å²) in [4.78, 5) is 9.51. The van der Waals surface area contributed by atoms with Crippen molar-refractivity contribution in [2.45, 2.75) is 5.60 Å². The molecule has 0 spiro atoms. The van der Waals surface area contributed by atoms with Gasteiger partial charge in [0.05, 0.1) is 10.5 Å². The van der Waals surface area contributed by atoms with Gasteiger partial charge in [0.2, 0.25) is 5.82 Å². The lowest BCUT2D eigenvalue weighted by atomic mass is 9.87. The van der Waals surface area contributed by atoms with Gasteiger partial charge in [-0.15, -0.1) is 0 Å². The Morgan fingerprint density at radius 1 is 1.44 bits per heavy atom. The molecule has 0 radical (unpaired) electrons. The van der Waals surface area contributed by atoms with Crippen LogP contribution in [0, 0.1) is 21.7 Å². The molecule has 86 valence electrons. The molecule has 7 heteroatoms. The van der Waals surface area contributed by atoms with Gasteiger partial charge in [0.1, 0.15) is 11.4 Å². The molecule has 16 heavy (non-hydrogen) atoms. The molecule has 1 aliphatic rings. The van der Waals surface area contributed by atoms with Crippen molar-refractivity contribution in [3.8, 4) is 0 Å². The Kier molecular flexibility index (Phi) is 2.36. The molecule has 0 atom stereocenters. The van der Waals surface area contributed by atoms with E-state index in [1.165, 1.54) is 0 Å². The zero-order valence-electron chi connectivity index (χ0n) is 8.04. The predicted octanol–water partition coefficient (Wildman–Crippen LogP) is 0.664. The van der Waals surface area contributed by atoms with Crippen molar-refractivity contribution in [1.82, 2.24) is 5.32 Å². The van der Waals surface area contributed by atoms with E-state index in [1.54, 1.807) is 0 Å². The smallest absolute Gasteiger partial charge is 0.305 e. The summed E-state index contributed by atoms with van der Waals surface area (Å²) in [6.45, 7) is -0.0516. The molecule has 0 aliphatic carbocycles. The van der Waals surface area contributed by atoms with Crippen LogP contribution in [0.5, 0.6) is 0 Å². The summed E-state index contributed by atoms with van der Waals surface area (Å²) in [5.74, 6) is -2.29. The zero-order valence-corrected chi connectivity index (χ0v) is 8.04. The van der Waals surface area contributed by atoms with E-state index in [4.69, 9.17) is 0 Å². The molecule has 0 unspecified atom stereocenters. The molecular weight excluding hydrogens is 222 g/mol. The van der Waals surface area contributed by atoms with E-state index in [0.29, 0.717) is 0 Å². The first-order chi connectivity index (χ1) is 7.46. The van der Waals surface area contributed by atoms with Crippen LogP contribution in [0.3, 0.4) is 0 Å². The number of hydrogen-bond acceptors (Lipinski definition) is 4. The van der Waals surface area contributed by atoms with Crippen LogP contribution in [0.4, 0.5) is 14.5 Å². The monoisotopic (exact) mass is 230 g/mol. The normalized spacial score (nSPS) is 17.9. The minimum atomic E-state index is -1.69. The number of rotatable bonds is 2. The van der Waals surface area contributed by atoms with Crippen molar-refractivity contribution in [3.63, 3.8) is 0 Å². The van der Waals surface area contributed by atoms with E-state index >= 15 is 0 Å². The average molecular weight is 230 g/mol. The molecule has 0 saturated carbocycles. The Labute approximate surface area is 88.8 Å². The summed E-state index contributed by atoms with van der Waals surface area (Å²) in [5, 5.41) is 22.9. The maximum atomic E-state index is 13.6. The molecular formula is C9H8F2N2O3. The molecule has 1 saturated heterocycles. The Morgan fingerprint density at radius 2 is 2.06 bits per heavy atom. The molecule has 0 aromatic heterocycles. The number of halogens is 2. The Hall–Kier alpha value is -1.60. The quantitative estimate of drug-likeness (QED) is 0.578. The van der Waals surface area contributed by atoms with Crippen LogP contribution < -0.4 is 5.32 Å². The lowest BCUT2D eigenvalue weighted by Crippen LogP contribution is -2.57. The third-order valence-corrected chi connectivity index (χ3v) is 2.57. The summed E-state index contributed by atoms with van der Waals surface area (Å²) >= 11 is 0. The van der Waals surface area contributed by atoms with Gasteiger partial charge in [-0.25, -0.2) is 4.39 Å². The van der Waals surface area contributed by atoms with E-state index in [-0.39, 0.29) is 13.1 Å². The highest BCUT2D eigenvalue weighted by Gasteiger charge is 2.43. The molecule has 1 aromatic rings. The average Bonchev–Trinajstić information content (AvgIpc) is 2.14. The van der Waals surface area contributed by atoms with Gasteiger partial charge in [-0.05, 0) is 6.07 Å². The lowest BCUT2D eigenvalue weighted by molar-refractivity contribution is -0.387. The van der Waals surface area contributed by atoms with Gasteiger partial charge in [0.15, 0.2) is 0 Å². The maximum absolute atomic E-state index is 13.6. The van der Waals surface area contributed by atoms with Gasteiger partial charge in [-0.1, -0.05) is 0 Å². The van der Waals surface area contributed by atoms with Gasteiger partial charge in [-0.3, -0.25) is 10.1 Å². The van der Waals surface area contributed by atoms with E-state index in [1.807, 2.05) is 0 Å². The second-order valence-corrected chi connectivity index (χ2v) is 3.65. The van der Waals surface area contributed by atoms with Crippen LogP contribution >= 0.6 is 0 Å². The summed E-state index contributed by atoms with van der Waals surface area (Å²) in [5.41, 5.74) is -3.17. The number of nitro groups is 1. The van der Waals surface area contributed by atoms with Crippen molar-refractivity contribution in [2.75, 3.05) is 13.1 Å². The highest BCUT2D eigenvalue weighted by molar-refractivity contribution is 5.41. The Bertz CT molecular complexity index is 460. The fraction of sp³-hybridized carbons (Fsp3) is 0.333. The van der Waals surface area contributed by atoms with Crippen molar-refractivity contribution in [3.05, 3.63) is 39.4 Å². The fourth-order valence-corrected chi connectivity index (χ4v) is 1.65. The standard InChI is InChI=1S/C9H8F2N2O3/c10-5-1-2-6(13(15)16)8(11)7(5)9(14)3-12-4-9/h1-2,12,14H,3-4H2. The molecule has 1 heterocycles. The molecule has 2 N–H and O–H groups in total. The summed E-state index contributed by atoms with van der Waals surface area (Å²) in [6.07, 6.45) is 0. The summed E-state index contributed by atoms with van der Waals surface area (Å²) in [6, 6.07) is 1.52. The summed E-state index contributed by atoms with van der Waals surface area (Å²) in [7, 11) is 0. The second-order valence-electron chi connectivity index (χ2n) is 3.65. The number of β-amino-alcohol motifs (C(OH)–C–C–N with tert-alkyl or cyclic N) is 1. The highest BCUT2D eigenvalue weighted by Crippen LogP contribution is 2.33. The van der Waals surface area contributed by atoms with Crippen molar-refractivity contribution in [2.24, 2.45) is 0 Å². The summed E-state index contributed by atoms with van der Waals surface area (Å²) < 4.78 is 27.0. The van der Waals surface area contributed by atoms with Crippen LogP contribution in [0.15, 0.2) is 12.1 Å². The van der Waals surface area contributed by atoms with Crippen molar-refractivity contribution < 1.29 is 18.8 Å². The number of nitrogens with one attached hydrogen (secondary N) is 1. The molecule has 1 aromatic carbocycles. The van der Waals surface area contributed by atoms with Crippen molar-refractivity contribution >= 4 is 5.69 Å². The van der Waals surface area contributed by atoms with Crippen molar-refractivity contribution in [1.29, 1.82) is 0 Å². The number of nitrogens with zero attached hydrogens (tertiary/aromatic N) is 1. The van der Waals surface area contributed by atoms with Gasteiger partial charge in [0, 0.05) is 19.2 Å². The number of nitro benzene ring substituents is 1. The molecule has 0 bridgehead atoms. The molecule has 0 amide bonds. The third kappa shape index (κ3) is 1.44. The molecule has 5 nitrogen and oxygen atoms in total. The second kappa shape index (κ2) is 3.46. The minimum Gasteiger partial charge on any atom is -0.382 e.